The number of benzene rings is 1. The Hall–Kier alpha value is -2.48. The van der Waals surface area contributed by atoms with Crippen LogP contribution in [-0.4, -0.2) is 0 Å². The third-order valence-corrected chi connectivity index (χ3v) is 2.86. The summed E-state index contributed by atoms with van der Waals surface area (Å²) in [6.45, 7) is 3.86. The van der Waals surface area contributed by atoms with Crippen molar-refractivity contribution in [3.63, 3.8) is 0 Å². The van der Waals surface area contributed by atoms with Crippen molar-refractivity contribution >= 4 is 6.08 Å². The van der Waals surface area contributed by atoms with E-state index in [1.807, 2.05) is 42.5 Å². The van der Waals surface area contributed by atoms with Crippen LogP contribution in [0.4, 0.5) is 0 Å². The van der Waals surface area contributed by atoms with Crippen LogP contribution in [0.15, 0.2) is 70.4 Å². The molecule has 0 saturated heterocycles. The van der Waals surface area contributed by atoms with Crippen LogP contribution >= 0.6 is 0 Å². The lowest BCUT2D eigenvalue weighted by atomic mass is 10.0. The Morgan fingerprint density at radius 1 is 0.944 bits per heavy atom. The fourth-order valence-electron chi connectivity index (χ4n) is 2.01. The largest absolute Gasteiger partial charge is 0.461 e. The molecule has 18 heavy (non-hydrogen) atoms. The lowest BCUT2D eigenvalue weighted by molar-refractivity contribution is 0.524. The molecule has 0 unspecified atom stereocenters. The monoisotopic (exact) mass is 236 g/mol. The van der Waals surface area contributed by atoms with Gasteiger partial charge in [0.2, 0.25) is 0 Å². The molecular formula is C16H12O2. The van der Waals surface area contributed by atoms with E-state index in [1.165, 1.54) is 0 Å². The second-order valence-corrected chi connectivity index (χ2v) is 3.94. The number of rotatable bonds is 3. The molecule has 0 bridgehead atoms. The third-order valence-electron chi connectivity index (χ3n) is 2.86. The number of hydrogen-bond donors (Lipinski definition) is 0. The summed E-state index contributed by atoms with van der Waals surface area (Å²) in [5.41, 5.74) is 3.09. The first kappa shape index (κ1) is 10.7. The maximum Gasteiger partial charge on any atom is 0.176 e. The lowest BCUT2D eigenvalue weighted by Gasteiger charge is -1.99. The Labute approximate surface area is 105 Å². The number of hydrogen-bond acceptors (Lipinski definition) is 2. The molecule has 0 fully saturated rings. The van der Waals surface area contributed by atoms with Crippen molar-refractivity contribution in [3.05, 3.63) is 67.1 Å². The van der Waals surface area contributed by atoms with Gasteiger partial charge in [-0.05, 0) is 17.7 Å². The first-order valence-corrected chi connectivity index (χ1v) is 5.73. The van der Waals surface area contributed by atoms with Gasteiger partial charge in [0, 0.05) is 11.1 Å². The van der Waals surface area contributed by atoms with Crippen molar-refractivity contribution in [2.75, 3.05) is 0 Å². The molecule has 3 aromatic rings. The Bertz CT molecular complexity index is 646. The summed E-state index contributed by atoms with van der Waals surface area (Å²) >= 11 is 0. The van der Waals surface area contributed by atoms with E-state index in [0.29, 0.717) is 11.5 Å². The van der Waals surface area contributed by atoms with Crippen molar-refractivity contribution in [3.8, 4) is 22.6 Å². The van der Waals surface area contributed by atoms with Gasteiger partial charge in [0.25, 0.3) is 0 Å². The van der Waals surface area contributed by atoms with Gasteiger partial charge >= 0.3 is 0 Å². The van der Waals surface area contributed by atoms with E-state index in [0.717, 1.165) is 16.7 Å². The molecule has 2 aromatic heterocycles. The molecule has 2 nitrogen and oxygen atoms in total. The second kappa shape index (κ2) is 4.41. The van der Waals surface area contributed by atoms with Crippen LogP contribution in [0.3, 0.4) is 0 Å². The van der Waals surface area contributed by atoms with Crippen molar-refractivity contribution in [1.82, 2.24) is 0 Å². The van der Waals surface area contributed by atoms with Gasteiger partial charge in [-0.2, -0.15) is 0 Å². The molecule has 0 saturated carbocycles. The van der Waals surface area contributed by atoms with Gasteiger partial charge < -0.3 is 8.83 Å². The Kier molecular flexibility index (Phi) is 2.61. The summed E-state index contributed by atoms with van der Waals surface area (Å²) in [6.07, 6.45) is 5.17. The molecule has 1 aromatic carbocycles. The zero-order valence-corrected chi connectivity index (χ0v) is 9.80. The average molecular weight is 236 g/mol. The quantitative estimate of drug-likeness (QED) is 0.649. The second-order valence-electron chi connectivity index (χ2n) is 3.94. The minimum absolute atomic E-state index is 0.715. The van der Waals surface area contributed by atoms with Crippen molar-refractivity contribution in [1.29, 1.82) is 0 Å². The average Bonchev–Trinajstić information content (AvgIpc) is 3.08. The standard InChI is InChI=1S/C16H12O2/c1-2-13-14(12-7-4-3-5-8-12)11-18-16(13)15-9-6-10-17-15/h2-11H,1H2. The molecule has 0 aliphatic heterocycles. The summed E-state index contributed by atoms with van der Waals surface area (Å²) in [7, 11) is 0. The van der Waals surface area contributed by atoms with E-state index in [9.17, 15) is 0 Å². The van der Waals surface area contributed by atoms with Crippen LogP contribution in [0.1, 0.15) is 5.56 Å². The van der Waals surface area contributed by atoms with Gasteiger partial charge in [-0.25, -0.2) is 0 Å². The zero-order chi connectivity index (χ0) is 12.4. The molecule has 3 rings (SSSR count). The summed E-state index contributed by atoms with van der Waals surface area (Å²) in [6, 6.07) is 13.8. The molecule has 0 radical (unpaired) electrons. The van der Waals surface area contributed by atoms with E-state index < -0.39 is 0 Å². The summed E-state index contributed by atoms with van der Waals surface area (Å²) in [5, 5.41) is 0. The maximum absolute atomic E-state index is 5.62. The molecule has 0 atom stereocenters. The Balaban J connectivity index is 2.16. The highest BCUT2D eigenvalue weighted by Gasteiger charge is 2.15. The highest BCUT2D eigenvalue weighted by molar-refractivity contribution is 5.81. The van der Waals surface area contributed by atoms with Crippen molar-refractivity contribution < 1.29 is 8.83 Å². The fourth-order valence-corrected chi connectivity index (χ4v) is 2.01. The van der Waals surface area contributed by atoms with Gasteiger partial charge in [-0.3, -0.25) is 0 Å². The first-order valence-electron chi connectivity index (χ1n) is 5.73. The van der Waals surface area contributed by atoms with Crippen LogP contribution in [0.5, 0.6) is 0 Å². The van der Waals surface area contributed by atoms with Gasteiger partial charge in [-0.1, -0.05) is 43.0 Å². The maximum atomic E-state index is 5.62. The predicted molar refractivity (Wildman–Crippen MR) is 71.9 cm³/mol. The van der Waals surface area contributed by atoms with Gasteiger partial charge in [0.15, 0.2) is 11.5 Å². The van der Waals surface area contributed by atoms with Crippen LogP contribution in [0, 0.1) is 0 Å². The summed E-state index contributed by atoms with van der Waals surface area (Å²) in [4.78, 5) is 0. The predicted octanol–water partition coefficient (Wildman–Crippen LogP) is 4.85. The van der Waals surface area contributed by atoms with Gasteiger partial charge in [-0.15, -0.1) is 0 Å². The van der Waals surface area contributed by atoms with E-state index >= 15 is 0 Å². The van der Waals surface area contributed by atoms with Gasteiger partial charge in [0.1, 0.15) is 0 Å². The van der Waals surface area contributed by atoms with E-state index in [-0.39, 0.29) is 0 Å². The molecule has 0 aliphatic carbocycles. The Morgan fingerprint density at radius 3 is 2.44 bits per heavy atom. The smallest absolute Gasteiger partial charge is 0.176 e. The zero-order valence-electron chi connectivity index (χ0n) is 9.80. The highest BCUT2D eigenvalue weighted by Crippen LogP contribution is 2.35. The molecule has 0 aliphatic rings. The molecule has 2 heteroatoms. The third kappa shape index (κ3) is 1.68. The van der Waals surface area contributed by atoms with Crippen LogP contribution in [0.2, 0.25) is 0 Å². The molecular weight excluding hydrogens is 224 g/mol. The molecule has 2 heterocycles. The van der Waals surface area contributed by atoms with E-state index in [2.05, 4.69) is 6.58 Å². The Morgan fingerprint density at radius 2 is 1.78 bits per heavy atom. The summed E-state index contributed by atoms with van der Waals surface area (Å²) < 4.78 is 11.0. The molecule has 88 valence electrons. The van der Waals surface area contributed by atoms with Crippen molar-refractivity contribution in [2.45, 2.75) is 0 Å². The first-order chi connectivity index (χ1) is 8.90. The lowest BCUT2D eigenvalue weighted by Crippen LogP contribution is -1.79. The SMILES string of the molecule is C=Cc1c(-c2ccccc2)coc1-c1ccco1. The molecule has 0 spiro atoms. The van der Waals surface area contributed by atoms with Gasteiger partial charge in [0.05, 0.1) is 12.5 Å². The van der Waals surface area contributed by atoms with Crippen LogP contribution in [-0.2, 0) is 0 Å². The number of furan rings is 2. The van der Waals surface area contributed by atoms with E-state index in [4.69, 9.17) is 8.83 Å². The molecule has 0 amide bonds. The van der Waals surface area contributed by atoms with Crippen molar-refractivity contribution in [2.24, 2.45) is 0 Å². The normalized spacial score (nSPS) is 10.4. The fraction of sp³-hybridized carbons (Fsp3) is 0. The van der Waals surface area contributed by atoms with Crippen LogP contribution < -0.4 is 0 Å². The topological polar surface area (TPSA) is 26.3 Å². The highest BCUT2D eigenvalue weighted by atomic mass is 16.4. The minimum Gasteiger partial charge on any atom is -0.461 e. The molecule has 0 N–H and O–H groups in total. The summed E-state index contributed by atoms with van der Waals surface area (Å²) in [5.74, 6) is 1.43. The minimum atomic E-state index is 0.715. The van der Waals surface area contributed by atoms with E-state index in [1.54, 1.807) is 18.6 Å². The van der Waals surface area contributed by atoms with Crippen LogP contribution in [0.25, 0.3) is 28.7 Å².